The molecule has 14 rings (SSSR count). The number of hydrogen-bond acceptors (Lipinski definition) is 29. The summed E-state index contributed by atoms with van der Waals surface area (Å²) in [6, 6.07) is 36.5. The maximum atomic E-state index is 11.2. The zero-order valence-corrected chi connectivity index (χ0v) is 101. The van der Waals surface area contributed by atoms with Crippen LogP contribution in [0.1, 0.15) is 211 Å². The van der Waals surface area contributed by atoms with Crippen LogP contribution in [0.3, 0.4) is 0 Å². The molecule has 31 nitrogen and oxygen atoms in total. The van der Waals surface area contributed by atoms with Gasteiger partial charge in [-0.1, -0.05) is 267 Å². The molecular formula is C96H143N23O8W6-6. The molecule has 6 N–H and O–H groups in total. The van der Waals surface area contributed by atoms with Gasteiger partial charge in [0.05, 0.1) is 0 Å². The number of hydrogen-bond donors (Lipinski definition) is 6. The first-order valence-electron chi connectivity index (χ1n) is 42.9. The smallest absolute Gasteiger partial charge is 0.332 e. The molecule has 3 aromatic carbocycles. The van der Waals surface area contributed by atoms with E-state index in [2.05, 4.69) is 310 Å². The monoisotopic (exact) mass is 2850 g/mol. The van der Waals surface area contributed by atoms with Gasteiger partial charge in [-0.2, -0.15) is 0 Å². The zero-order chi connectivity index (χ0) is 96.5. The fraction of sp³-hybridized carbons (Fsp3) is 0.438. The van der Waals surface area contributed by atoms with Crippen LogP contribution in [0.25, 0.3) is 0 Å². The topological polar surface area (TPSA) is 363 Å². The Morgan fingerprint density at radius 2 is 0.759 bits per heavy atom. The average molecular weight is 2850 g/mol. The van der Waals surface area contributed by atoms with Crippen LogP contribution in [0.15, 0.2) is 146 Å². The van der Waals surface area contributed by atoms with E-state index in [0.29, 0.717) is 33.7 Å². The molecule has 2 saturated heterocycles. The van der Waals surface area contributed by atoms with Crippen LogP contribution >= 0.6 is 0 Å². The van der Waals surface area contributed by atoms with E-state index in [-0.39, 0.29) is 164 Å². The number of benzene rings is 3. The molecule has 0 spiro atoms. The summed E-state index contributed by atoms with van der Waals surface area (Å²) in [7, 11) is 7.45. The summed E-state index contributed by atoms with van der Waals surface area (Å²) >= 11 is 0. The minimum Gasteiger partial charge on any atom is -0.439 e. The van der Waals surface area contributed by atoms with E-state index < -0.39 is 35.6 Å². The average Bonchev–Trinajstić information content (AvgIpc) is 1.69. The Bertz CT molecular complexity index is 4210. The second-order valence-corrected chi connectivity index (χ2v) is 26.8. The first-order valence-corrected chi connectivity index (χ1v) is 42.9. The first kappa shape index (κ1) is 142. The quantitative estimate of drug-likeness (QED) is 0.0410. The molecule has 1 unspecified atom stereocenters. The molecule has 4 amide bonds. The molecule has 0 aliphatic carbocycles. The molecule has 732 valence electrons. The number of aromatic nitrogens is 12. The molecule has 37 heteroatoms. The number of pyridine rings is 2. The summed E-state index contributed by atoms with van der Waals surface area (Å²) in [5.74, 6) is 2.36. The summed E-state index contributed by atoms with van der Waals surface area (Å²) in [5.41, 5.74) is 12.0. The van der Waals surface area contributed by atoms with Crippen molar-refractivity contribution in [1.29, 1.82) is 0 Å². The predicted molar refractivity (Wildman–Crippen MR) is 512 cm³/mol. The van der Waals surface area contributed by atoms with Gasteiger partial charge in [0, 0.05) is 288 Å². The van der Waals surface area contributed by atoms with Crippen LogP contribution in [0.4, 0.5) is 40.6 Å². The van der Waals surface area contributed by atoms with Crippen LogP contribution in [0.2, 0.25) is 0 Å². The number of nitrogens with one attached hydrogen (secondary N) is 6. The van der Waals surface area contributed by atoms with Crippen molar-refractivity contribution in [3.05, 3.63) is 246 Å². The number of amides is 4. The Hall–Kier alpha value is -9.09. The largest absolute Gasteiger partial charge is 0.439 e. The van der Waals surface area contributed by atoms with Crippen molar-refractivity contribution >= 4 is 76.2 Å². The van der Waals surface area contributed by atoms with E-state index in [4.69, 9.17) is 0 Å². The first-order chi connectivity index (χ1) is 60.7. The van der Waals surface area contributed by atoms with Crippen molar-refractivity contribution in [2.24, 2.45) is 5.92 Å². The summed E-state index contributed by atoms with van der Waals surface area (Å²) in [4.78, 5) is 127. The minimum absolute atomic E-state index is 0. The molecule has 9 aromatic rings. The van der Waals surface area contributed by atoms with Crippen LogP contribution < -0.4 is 36.8 Å². The Balaban J connectivity index is -0.000000178. The van der Waals surface area contributed by atoms with Gasteiger partial charge in [0.2, 0.25) is 0 Å². The van der Waals surface area contributed by atoms with E-state index in [1.165, 1.54) is 46.3 Å². The molecule has 133 heavy (non-hydrogen) atoms. The molecule has 0 radical (unpaired) electrons. The fourth-order valence-corrected chi connectivity index (χ4v) is 8.10. The van der Waals surface area contributed by atoms with Gasteiger partial charge in [0.25, 0.3) is 23.6 Å². The number of nitrogens with zero attached hydrogens (tertiary/aromatic N) is 17. The van der Waals surface area contributed by atoms with Gasteiger partial charge in [0.1, 0.15) is 11.9 Å². The fourth-order valence-electron chi connectivity index (χ4n) is 8.10. The maximum Gasteiger partial charge on any atom is 0.332 e. The number of carbonyl (C=O) groups is 6. The molecule has 1 atom stereocenters. The van der Waals surface area contributed by atoms with Gasteiger partial charge >= 0.3 is 11.9 Å². The summed E-state index contributed by atoms with van der Waals surface area (Å²) in [6.45, 7) is 54.9. The molecule has 5 aliphatic heterocycles. The Labute approximate surface area is 881 Å². The van der Waals surface area contributed by atoms with Crippen LogP contribution in [-0.2, 0) is 165 Å². The van der Waals surface area contributed by atoms with Crippen molar-refractivity contribution in [2.45, 2.75) is 225 Å². The van der Waals surface area contributed by atoms with Crippen molar-refractivity contribution in [1.82, 2.24) is 79.7 Å². The Kier molecular flexibility index (Phi) is 96.7. The summed E-state index contributed by atoms with van der Waals surface area (Å²) < 4.78 is 0. The maximum absolute atomic E-state index is 11.2. The summed E-state index contributed by atoms with van der Waals surface area (Å²) in [5, 5.41) is 19.0. The van der Waals surface area contributed by atoms with E-state index in [1.807, 2.05) is 144 Å². The van der Waals surface area contributed by atoms with E-state index in [9.17, 15) is 28.8 Å². The number of anilines is 7. The van der Waals surface area contributed by atoms with E-state index >= 15 is 0 Å². The molecular weight excluding hydrogens is 2710 g/mol. The molecule has 11 heterocycles. The Morgan fingerprint density at radius 1 is 0.406 bits per heavy atom. The second kappa shape index (κ2) is 90.7. The van der Waals surface area contributed by atoms with Gasteiger partial charge < -0.3 is 116 Å². The van der Waals surface area contributed by atoms with E-state index in [1.54, 1.807) is 53.8 Å². The zero-order valence-electron chi connectivity index (χ0n) is 83.5. The van der Waals surface area contributed by atoms with Gasteiger partial charge in [-0.15, -0.1) is 46.5 Å². The molecule has 5 aliphatic rings. The third-order valence-electron chi connectivity index (χ3n) is 14.7. The van der Waals surface area contributed by atoms with E-state index in [0.717, 1.165) is 72.2 Å². The SMILES string of the molecule is CC.CC.CCC.CCC.CCC(=O)ON1C(=O)CC(C)C1=O.CCC(=O)ON1C(=O)CCC1=O.CCN1C=C1.CCNc1c[c-]nc(C)c1.CCNc1c[c-]nc(C)n1.CCNc1n[c-]nc(C)n1.CN1C=C1.CNc1c[c-]nc(C)c1.CNc1c[c-]nc(C)n1.CNc1n[c-]nc(C)n1.Cc1ccc(C)cc1.Cc1ccc(C)cc1.Cc1ccc(N2C=C2)cc1.[W].[W].[W].[W].[W].[W]. The van der Waals surface area contributed by atoms with Crippen molar-refractivity contribution < 1.29 is 165 Å². The predicted octanol–water partition coefficient (Wildman–Crippen LogP) is 18.1. The molecule has 0 bridgehead atoms. The van der Waals surface area contributed by atoms with Crippen molar-refractivity contribution in [3.63, 3.8) is 0 Å². The molecule has 2 fully saturated rings. The van der Waals surface area contributed by atoms with Crippen LogP contribution in [0, 0.1) is 120 Å². The molecule has 0 saturated carbocycles. The summed E-state index contributed by atoms with van der Waals surface area (Å²) in [6.07, 6.45) is 31.3. The minimum atomic E-state index is -0.573. The van der Waals surface area contributed by atoms with Crippen molar-refractivity contribution in [3.8, 4) is 0 Å². The second-order valence-electron chi connectivity index (χ2n) is 26.8. The van der Waals surface area contributed by atoms with Crippen molar-refractivity contribution in [2.75, 3.05) is 91.2 Å². The van der Waals surface area contributed by atoms with Gasteiger partial charge in [-0.05, 0) is 95.6 Å². The Morgan fingerprint density at radius 3 is 1.05 bits per heavy atom. The van der Waals surface area contributed by atoms with Crippen LogP contribution in [0.5, 0.6) is 0 Å². The van der Waals surface area contributed by atoms with Gasteiger partial charge in [-0.3, -0.25) is 19.2 Å². The third-order valence-corrected chi connectivity index (χ3v) is 14.7. The van der Waals surface area contributed by atoms with Crippen LogP contribution in [-0.4, -0.2) is 170 Å². The number of rotatable bonds is 15. The molecule has 6 aromatic heterocycles. The number of carbonyl (C=O) groups excluding carboxylic acids is 6. The normalized spacial score (nSPS) is 11.4. The standard InChI is InChI=1S/C9H9N.C8H11N2.C8H11NO4.2C8H10.C7H10N3.C7H9N2.C7H9NO4.C6H9N4.C6H8N3.C5H7N4.C4H7N.C3H5N.2C3H8.2C2H6.6W/c1-8-2-4-9(5-3-8)10-6-7-10;1-3-9-8-4-5-10-7(2)6-8;1-3-7(11)13-9-6(10)4-5(2)8(9)12;2*1-7-3-5-8(2)6-4-7;1-3-8-7-4-5-9-6(2)10-7;1-6-5-7(8-2)3-4-9-6;1-2-7(11)12-8-5(9)3-4-6(8)10;1-3-7-6-9-4-8-5(2)10-6;1-5-8-4-3-6(7-2)9-5;1-4-7-3-8-5(6-2)9-4;1-2-5-3-4-5;1-4-2-3-4;2*1-3-2;2*1-2;;;;;;/h2-7H,1H3;4,6H,3H2,1-2H3,(H,9,10);5H,3-4H2,1-2H3;2*3-6H,1-2H3;4H,3H2,1-2H3,(H,8,9,10);3,5H,1-2H3,(H,8,9);2-4H2,1H3;3H2,1-2H3,(H,7,8,9,10);3H,1-2H3,(H,7,8,9);1-2H3,(H,6,7,8,9);3-4H,2H2,1H3;2-3H,1H3;2*3H2,1-2H3;2*1-2H3;;;;;;/q;-1;;;;2*-1;;3*-1;;;;;;;;;;;;. The van der Waals surface area contributed by atoms with Gasteiger partial charge in [0.15, 0.2) is 0 Å². The van der Waals surface area contributed by atoms with Gasteiger partial charge in [-0.25, -0.2) is 9.59 Å². The number of aryl methyl sites for hydroxylation is 11. The number of imide groups is 2. The third kappa shape index (κ3) is 77.9. The number of hydroxylamine groups is 4.